The van der Waals surface area contributed by atoms with Gasteiger partial charge in [-0.2, -0.15) is 5.10 Å². The Morgan fingerprint density at radius 3 is 2.15 bits per heavy atom. The predicted molar refractivity (Wildman–Crippen MR) is 124 cm³/mol. The smallest absolute Gasteiger partial charge is 0.233 e. The third-order valence-corrected chi connectivity index (χ3v) is 6.54. The summed E-state index contributed by atoms with van der Waals surface area (Å²) in [5.41, 5.74) is 2.51. The minimum atomic E-state index is -0.262. The molecule has 5 rings (SSSR count). The van der Waals surface area contributed by atoms with Gasteiger partial charge in [0.1, 0.15) is 5.82 Å². The number of hydrogen-bond donors (Lipinski definition) is 1. The number of carbonyl (C=O) groups excluding carboxylic acids is 3. The normalized spacial score (nSPS) is 20.1. The highest BCUT2D eigenvalue weighted by molar-refractivity contribution is 6.05. The van der Waals surface area contributed by atoms with E-state index >= 15 is 0 Å². The van der Waals surface area contributed by atoms with Crippen molar-refractivity contribution in [2.75, 3.05) is 11.9 Å². The number of para-hydroxylation sites is 1. The third-order valence-electron chi connectivity index (χ3n) is 6.54. The molecule has 33 heavy (non-hydrogen) atoms. The first-order valence-corrected chi connectivity index (χ1v) is 11.5. The Bertz CT molecular complexity index is 1150. The number of imide groups is 1. The molecule has 1 aliphatic carbocycles. The van der Waals surface area contributed by atoms with Gasteiger partial charge in [0.15, 0.2) is 0 Å². The summed E-state index contributed by atoms with van der Waals surface area (Å²) in [4.78, 5) is 39.5. The van der Waals surface area contributed by atoms with Crippen molar-refractivity contribution in [1.82, 2.24) is 14.7 Å². The number of hydrogen-bond acceptors (Lipinski definition) is 4. The molecule has 2 heterocycles. The fraction of sp³-hybridized carbons (Fsp3) is 0.308. The summed E-state index contributed by atoms with van der Waals surface area (Å²) in [6.07, 6.45) is 3.58. The van der Waals surface area contributed by atoms with E-state index in [2.05, 4.69) is 5.32 Å². The fourth-order valence-corrected chi connectivity index (χ4v) is 4.86. The van der Waals surface area contributed by atoms with Gasteiger partial charge >= 0.3 is 0 Å². The van der Waals surface area contributed by atoms with Crippen molar-refractivity contribution in [3.05, 3.63) is 66.7 Å². The summed E-state index contributed by atoms with van der Waals surface area (Å²) in [6.45, 7) is 0.113. The number of nitrogens with zero attached hydrogens (tertiary/aromatic N) is 3. The fourth-order valence-electron chi connectivity index (χ4n) is 4.86. The molecule has 2 aromatic carbocycles. The molecule has 2 fully saturated rings. The molecule has 2 aliphatic rings. The molecule has 168 valence electrons. The van der Waals surface area contributed by atoms with E-state index in [-0.39, 0.29) is 42.5 Å². The molecule has 0 spiro atoms. The molecular weight excluding hydrogens is 416 g/mol. The molecule has 3 aromatic rings. The van der Waals surface area contributed by atoms with Gasteiger partial charge in [-0.3, -0.25) is 19.3 Å². The number of nitrogens with one attached hydrogen (secondary N) is 1. The van der Waals surface area contributed by atoms with Crippen LogP contribution in [0.1, 0.15) is 32.1 Å². The SMILES string of the molecule is O=C(CCN1C(=O)C2CCCCC2C1=O)Nc1cc(-c2ccccc2)nn1-c1ccccc1. The first-order chi connectivity index (χ1) is 16.1. The second kappa shape index (κ2) is 9.02. The van der Waals surface area contributed by atoms with Crippen molar-refractivity contribution >= 4 is 23.5 Å². The number of likely N-dealkylation sites (tertiary alicyclic amines) is 1. The van der Waals surface area contributed by atoms with Gasteiger partial charge in [0.05, 0.1) is 23.2 Å². The maximum absolute atomic E-state index is 12.8. The third kappa shape index (κ3) is 4.18. The van der Waals surface area contributed by atoms with Crippen LogP contribution in [0.3, 0.4) is 0 Å². The number of aromatic nitrogens is 2. The van der Waals surface area contributed by atoms with Crippen LogP contribution in [0.5, 0.6) is 0 Å². The second-order valence-corrected chi connectivity index (χ2v) is 8.65. The lowest BCUT2D eigenvalue weighted by Crippen LogP contribution is -2.34. The Morgan fingerprint density at radius 1 is 0.909 bits per heavy atom. The van der Waals surface area contributed by atoms with E-state index in [1.807, 2.05) is 66.7 Å². The van der Waals surface area contributed by atoms with Crippen LogP contribution >= 0.6 is 0 Å². The van der Waals surface area contributed by atoms with E-state index in [9.17, 15) is 14.4 Å². The van der Waals surface area contributed by atoms with Gasteiger partial charge in [-0.25, -0.2) is 4.68 Å². The summed E-state index contributed by atoms with van der Waals surface area (Å²) >= 11 is 0. The van der Waals surface area contributed by atoms with Crippen LogP contribution in [0, 0.1) is 11.8 Å². The molecule has 0 bridgehead atoms. The summed E-state index contributed by atoms with van der Waals surface area (Å²) < 4.78 is 1.70. The Morgan fingerprint density at radius 2 is 1.52 bits per heavy atom. The highest BCUT2D eigenvalue weighted by atomic mass is 16.2. The maximum atomic E-state index is 12.8. The molecule has 7 heteroatoms. The number of benzene rings is 2. The molecule has 1 aliphatic heterocycles. The Labute approximate surface area is 192 Å². The average molecular weight is 443 g/mol. The van der Waals surface area contributed by atoms with Crippen LogP contribution in [0.15, 0.2) is 66.7 Å². The Balaban J connectivity index is 1.32. The molecule has 1 saturated heterocycles. The lowest BCUT2D eigenvalue weighted by molar-refractivity contribution is -0.140. The molecule has 2 unspecified atom stereocenters. The summed E-state index contributed by atoms with van der Waals surface area (Å²) in [5, 5.41) is 7.63. The summed E-state index contributed by atoms with van der Waals surface area (Å²) in [5.74, 6) is -0.333. The first-order valence-electron chi connectivity index (χ1n) is 11.5. The van der Waals surface area contributed by atoms with E-state index in [4.69, 9.17) is 5.10 Å². The van der Waals surface area contributed by atoms with Gasteiger partial charge in [-0.1, -0.05) is 61.4 Å². The van der Waals surface area contributed by atoms with Crippen molar-refractivity contribution in [2.45, 2.75) is 32.1 Å². The van der Waals surface area contributed by atoms with E-state index in [0.29, 0.717) is 5.82 Å². The second-order valence-electron chi connectivity index (χ2n) is 8.65. The zero-order chi connectivity index (χ0) is 22.8. The number of rotatable bonds is 6. The van der Waals surface area contributed by atoms with Crippen LogP contribution in [-0.4, -0.2) is 38.9 Å². The molecule has 1 saturated carbocycles. The van der Waals surface area contributed by atoms with Crippen LogP contribution in [0.4, 0.5) is 5.82 Å². The van der Waals surface area contributed by atoms with Gasteiger partial charge in [-0.15, -0.1) is 0 Å². The molecule has 2 atom stereocenters. The predicted octanol–water partition coefficient (Wildman–Crippen LogP) is 4.04. The average Bonchev–Trinajstić information content (AvgIpc) is 3.38. The zero-order valence-corrected chi connectivity index (χ0v) is 18.3. The van der Waals surface area contributed by atoms with E-state index in [1.165, 1.54) is 4.90 Å². The molecule has 1 aromatic heterocycles. The highest BCUT2D eigenvalue weighted by Crippen LogP contribution is 2.38. The molecule has 7 nitrogen and oxygen atoms in total. The van der Waals surface area contributed by atoms with Gasteiger partial charge in [0, 0.05) is 24.6 Å². The summed E-state index contributed by atoms with van der Waals surface area (Å²) in [6, 6.07) is 21.2. The van der Waals surface area contributed by atoms with Crippen molar-refractivity contribution in [3.8, 4) is 16.9 Å². The van der Waals surface area contributed by atoms with Gasteiger partial charge in [0.2, 0.25) is 17.7 Å². The number of fused-ring (bicyclic) bond motifs is 1. The Kier molecular flexibility index (Phi) is 5.77. The lowest BCUT2D eigenvalue weighted by Gasteiger charge is -2.19. The highest BCUT2D eigenvalue weighted by Gasteiger charge is 2.47. The lowest BCUT2D eigenvalue weighted by atomic mass is 9.81. The molecule has 3 amide bonds. The number of amides is 3. The van der Waals surface area contributed by atoms with Crippen LogP contribution in [-0.2, 0) is 14.4 Å². The van der Waals surface area contributed by atoms with E-state index < -0.39 is 0 Å². The zero-order valence-electron chi connectivity index (χ0n) is 18.3. The van der Waals surface area contributed by atoms with Crippen molar-refractivity contribution in [3.63, 3.8) is 0 Å². The Hall–Kier alpha value is -3.74. The molecule has 1 N–H and O–H groups in total. The van der Waals surface area contributed by atoms with Crippen molar-refractivity contribution < 1.29 is 14.4 Å². The quantitative estimate of drug-likeness (QED) is 0.584. The molecular formula is C26H26N4O3. The van der Waals surface area contributed by atoms with E-state index in [1.54, 1.807) is 4.68 Å². The van der Waals surface area contributed by atoms with Crippen LogP contribution in [0.2, 0.25) is 0 Å². The molecule has 0 radical (unpaired) electrons. The first kappa shape index (κ1) is 21.1. The monoisotopic (exact) mass is 442 g/mol. The van der Waals surface area contributed by atoms with Gasteiger partial charge in [-0.05, 0) is 25.0 Å². The maximum Gasteiger partial charge on any atom is 0.233 e. The van der Waals surface area contributed by atoms with Crippen LogP contribution < -0.4 is 5.32 Å². The largest absolute Gasteiger partial charge is 0.311 e. The van der Waals surface area contributed by atoms with Crippen molar-refractivity contribution in [1.29, 1.82) is 0 Å². The van der Waals surface area contributed by atoms with Gasteiger partial charge < -0.3 is 5.32 Å². The van der Waals surface area contributed by atoms with Gasteiger partial charge in [0.25, 0.3) is 0 Å². The summed E-state index contributed by atoms with van der Waals surface area (Å²) in [7, 11) is 0. The van der Waals surface area contributed by atoms with Crippen LogP contribution in [0.25, 0.3) is 16.9 Å². The minimum absolute atomic E-state index is 0.0531. The number of anilines is 1. The number of carbonyl (C=O) groups is 3. The van der Waals surface area contributed by atoms with E-state index in [0.717, 1.165) is 42.6 Å². The minimum Gasteiger partial charge on any atom is -0.311 e. The topological polar surface area (TPSA) is 84.3 Å². The van der Waals surface area contributed by atoms with Crippen molar-refractivity contribution in [2.24, 2.45) is 11.8 Å². The standard InChI is InChI=1S/C26H26N4O3/c31-24(15-16-29-25(32)20-13-7-8-14-21(20)26(29)33)27-23-17-22(18-9-3-1-4-10-18)28-30(23)19-11-5-2-6-12-19/h1-6,9-12,17,20-21H,7-8,13-16H2,(H,27,31).